The molecule has 1 amide bonds. The number of carbonyl (C=O) groups excluding carboxylic acids is 1. The summed E-state index contributed by atoms with van der Waals surface area (Å²) in [6, 6.07) is 17.8. The Morgan fingerprint density at radius 1 is 1.15 bits per heavy atom. The number of rotatable bonds is 8. The number of carbonyl (C=O) groups is 1. The number of nitro groups is 1. The van der Waals surface area contributed by atoms with Crippen molar-refractivity contribution in [1.29, 1.82) is 0 Å². The van der Waals surface area contributed by atoms with E-state index in [1.165, 1.54) is 25.0 Å². The largest absolute Gasteiger partial charge is 0.311 e. The van der Waals surface area contributed by atoms with E-state index in [-0.39, 0.29) is 24.1 Å². The van der Waals surface area contributed by atoms with E-state index in [4.69, 9.17) is 5.10 Å². The highest BCUT2D eigenvalue weighted by molar-refractivity contribution is 5.92. The molecule has 1 fully saturated rings. The fourth-order valence-corrected chi connectivity index (χ4v) is 4.11. The predicted molar refractivity (Wildman–Crippen MR) is 128 cm³/mol. The Kier molecular flexibility index (Phi) is 5.67. The molecule has 2 heterocycles. The van der Waals surface area contributed by atoms with Crippen LogP contribution in [0.4, 0.5) is 11.5 Å². The van der Waals surface area contributed by atoms with Crippen LogP contribution in [0.15, 0.2) is 73.1 Å². The van der Waals surface area contributed by atoms with Gasteiger partial charge in [0.25, 0.3) is 5.69 Å². The maximum Gasteiger partial charge on any atom is 0.269 e. The lowest BCUT2D eigenvalue weighted by molar-refractivity contribution is -0.384. The van der Waals surface area contributed by atoms with Crippen LogP contribution < -0.4 is 5.32 Å². The normalized spacial score (nSPS) is 14.0. The molecule has 0 saturated heterocycles. The number of aromatic nitrogens is 4. The maximum atomic E-state index is 13.0. The number of nitro benzene ring substituents is 1. The third-order valence-electron chi connectivity index (χ3n) is 6.14. The van der Waals surface area contributed by atoms with Crippen molar-refractivity contribution >= 4 is 17.4 Å². The molecule has 9 heteroatoms. The van der Waals surface area contributed by atoms with Crippen molar-refractivity contribution in [3.05, 3.63) is 88.7 Å². The fourth-order valence-electron chi connectivity index (χ4n) is 4.11. The molecule has 1 atom stereocenters. The molecule has 1 saturated carbocycles. The van der Waals surface area contributed by atoms with Gasteiger partial charge in [0.15, 0.2) is 0 Å². The van der Waals surface area contributed by atoms with E-state index in [0.717, 1.165) is 11.3 Å². The Balaban J connectivity index is 1.43. The van der Waals surface area contributed by atoms with E-state index in [2.05, 4.69) is 17.3 Å². The van der Waals surface area contributed by atoms with Crippen LogP contribution in [0.25, 0.3) is 16.9 Å². The van der Waals surface area contributed by atoms with Crippen molar-refractivity contribution < 1.29 is 9.72 Å². The second-order valence-electron chi connectivity index (χ2n) is 8.55. The fraction of sp³-hybridized carbons (Fsp3) is 0.240. The molecule has 1 unspecified atom stereocenters. The number of anilines is 1. The Hall–Kier alpha value is -4.27. The van der Waals surface area contributed by atoms with Crippen LogP contribution in [-0.4, -0.2) is 30.4 Å². The number of hydrogen-bond acceptors (Lipinski definition) is 5. The van der Waals surface area contributed by atoms with Crippen LogP contribution in [0.5, 0.6) is 0 Å². The number of non-ortho nitro benzene ring substituents is 1. The lowest BCUT2D eigenvalue weighted by Crippen LogP contribution is -2.19. The van der Waals surface area contributed by atoms with Crippen molar-refractivity contribution in [2.75, 3.05) is 5.32 Å². The highest BCUT2D eigenvalue weighted by Crippen LogP contribution is 2.40. The van der Waals surface area contributed by atoms with Gasteiger partial charge in [-0.1, -0.05) is 18.2 Å². The zero-order chi connectivity index (χ0) is 23.7. The summed E-state index contributed by atoms with van der Waals surface area (Å²) in [4.78, 5) is 23.6. The van der Waals surface area contributed by atoms with Gasteiger partial charge in [-0.05, 0) is 49.9 Å². The smallest absolute Gasteiger partial charge is 0.269 e. The minimum Gasteiger partial charge on any atom is -0.311 e. The number of nitrogens with zero attached hydrogens (tertiary/aromatic N) is 5. The number of para-hydroxylation sites is 1. The zero-order valence-corrected chi connectivity index (χ0v) is 18.7. The summed E-state index contributed by atoms with van der Waals surface area (Å²) in [7, 11) is 0. The van der Waals surface area contributed by atoms with Crippen molar-refractivity contribution in [1.82, 2.24) is 19.6 Å². The Labute approximate surface area is 196 Å². The van der Waals surface area contributed by atoms with Gasteiger partial charge in [0.1, 0.15) is 5.82 Å². The van der Waals surface area contributed by atoms with E-state index in [1.807, 2.05) is 41.2 Å². The molecule has 34 heavy (non-hydrogen) atoms. The number of amides is 1. The SMILES string of the molecule is CC(C1CC1)n1nccc1NC(=O)Cc1cn(-c2ccccc2)nc1-c1ccc([N+](=O)[O-])cc1. The van der Waals surface area contributed by atoms with Crippen molar-refractivity contribution in [3.63, 3.8) is 0 Å². The summed E-state index contributed by atoms with van der Waals surface area (Å²) >= 11 is 0. The summed E-state index contributed by atoms with van der Waals surface area (Å²) in [6.07, 6.45) is 6.00. The molecule has 9 nitrogen and oxygen atoms in total. The van der Waals surface area contributed by atoms with Crippen molar-refractivity contribution in [2.24, 2.45) is 5.92 Å². The molecule has 1 aliphatic carbocycles. The third-order valence-corrected chi connectivity index (χ3v) is 6.14. The number of benzene rings is 2. The van der Waals surface area contributed by atoms with Gasteiger partial charge in [0.2, 0.25) is 5.91 Å². The molecule has 4 aromatic rings. The minimum absolute atomic E-state index is 0.00331. The molecule has 1 N–H and O–H groups in total. The average Bonchev–Trinajstić information content (AvgIpc) is 3.47. The molecule has 0 radical (unpaired) electrons. The van der Waals surface area contributed by atoms with E-state index >= 15 is 0 Å². The van der Waals surface area contributed by atoms with Gasteiger partial charge in [-0.15, -0.1) is 0 Å². The first-order valence-corrected chi connectivity index (χ1v) is 11.2. The molecule has 1 aliphatic rings. The summed E-state index contributed by atoms with van der Waals surface area (Å²) in [5.41, 5.74) is 2.89. The molecule has 0 spiro atoms. The van der Waals surface area contributed by atoms with E-state index in [1.54, 1.807) is 29.1 Å². The Morgan fingerprint density at radius 3 is 2.56 bits per heavy atom. The lowest BCUT2D eigenvalue weighted by Gasteiger charge is -2.15. The van der Waals surface area contributed by atoms with Gasteiger partial charge >= 0.3 is 0 Å². The molecule has 172 valence electrons. The highest BCUT2D eigenvalue weighted by Gasteiger charge is 2.31. The van der Waals surface area contributed by atoms with E-state index in [9.17, 15) is 14.9 Å². The lowest BCUT2D eigenvalue weighted by atomic mass is 10.1. The molecule has 5 rings (SSSR count). The van der Waals surface area contributed by atoms with Crippen LogP contribution in [0, 0.1) is 16.0 Å². The van der Waals surface area contributed by atoms with E-state index < -0.39 is 4.92 Å². The van der Waals surface area contributed by atoms with Gasteiger partial charge in [-0.2, -0.15) is 10.2 Å². The average molecular weight is 457 g/mol. The summed E-state index contributed by atoms with van der Waals surface area (Å²) in [5, 5.41) is 23.1. The second kappa shape index (κ2) is 8.93. The van der Waals surface area contributed by atoms with Crippen LogP contribution in [0.3, 0.4) is 0 Å². The van der Waals surface area contributed by atoms with Crippen molar-refractivity contribution in [3.8, 4) is 16.9 Å². The zero-order valence-electron chi connectivity index (χ0n) is 18.7. The topological polar surface area (TPSA) is 108 Å². The molecular formula is C25H24N6O3. The molecule has 2 aromatic heterocycles. The predicted octanol–water partition coefficient (Wildman–Crippen LogP) is 4.80. The highest BCUT2D eigenvalue weighted by atomic mass is 16.6. The first-order chi connectivity index (χ1) is 16.5. The van der Waals surface area contributed by atoms with E-state index in [0.29, 0.717) is 23.0 Å². The third kappa shape index (κ3) is 4.45. The van der Waals surface area contributed by atoms with Gasteiger partial charge in [-0.25, -0.2) is 9.36 Å². The molecule has 2 aromatic carbocycles. The monoisotopic (exact) mass is 456 g/mol. The van der Waals surface area contributed by atoms with Crippen LogP contribution in [0.1, 0.15) is 31.4 Å². The maximum absolute atomic E-state index is 13.0. The summed E-state index contributed by atoms with van der Waals surface area (Å²) < 4.78 is 3.60. The van der Waals surface area contributed by atoms with Crippen LogP contribution in [0.2, 0.25) is 0 Å². The molecule has 0 bridgehead atoms. The summed E-state index contributed by atoms with van der Waals surface area (Å²) in [5.74, 6) is 1.10. The first kappa shape index (κ1) is 21.6. The van der Waals surface area contributed by atoms with Crippen molar-refractivity contribution in [2.45, 2.75) is 32.2 Å². The standard InChI is InChI=1S/C25H24N6O3/c1-17(18-7-8-18)30-23(13-14-26-30)27-24(32)15-20-16-29(21-5-3-2-4-6-21)28-25(20)19-9-11-22(12-10-19)31(33)34/h2-6,9-14,16-18H,7-8,15H2,1H3,(H,27,32). The van der Waals surface area contributed by atoms with Gasteiger partial charge in [0.05, 0.1) is 35.0 Å². The summed E-state index contributed by atoms with van der Waals surface area (Å²) in [6.45, 7) is 2.12. The quantitative estimate of drug-likeness (QED) is 0.303. The molecular weight excluding hydrogens is 432 g/mol. The van der Waals surface area contributed by atoms with Gasteiger partial charge in [0, 0.05) is 35.5 Å². The molecule has 0 aliphatic heterocycles. The van der Waals surface area contributed by atoms with Gasteiger partial charge in [-0.3, -0.25) is 14.9 Å². The van der Waals surface area contributed by atoms with Gasteiger partial charge < -0.3 is 5.32 Å². The Bertz CT molecular complexity index is 1320. The van der Waals surface area contributed by atoms with Crippen LogP contribution >= 0.6 is 0 Å². The first-order valence-electron chi connectivity index (χ1n) is 11.2. The number of hydrogen-bond donors (Lipinski definition) is 1. The van der Waals surface area contributed by atoms with Crippen LogP contribution in [-0.2, 0) is 11.2 Å². The minimum atomic E-state index is -0.438. The Morgan fingerprint density at radius 2 is 1.88 bits per heavy atom. The second-order valence-corrected chi connectivity index (χ2v) is 8.55. The number of nitrogens with one attached hydrogen (secondary N) is 1.